The highest BCUT2D eigenvalue weighted by molar-refractivity contribution is 7.11. The molecule has 230 valence electrons. The molecule has 0 aromatic carbocycles. The van der Waals surface area contributed by atoms with Gasteiger partial charge < -0.3 is 34.5 Å². The lowest BCUT2D eigenvalue weighted by Crippen LogP contribution is -2.56. The molecule has 0 saturated carbocycles. The van der Waals surface area contributed by atoms with Gasteiger partial charge in [-0.1, -0.05) is 26.8 Å². The first-order valence-corrected chi connectivity index (χ1v) is 17.2. The van der Waals surface area contributed by atoms with Crippen molar-refractivity contribution in [3.8, 4) is 0 Å². The van der Waals surface area contributed by atoms with Gasteiger partial charge in [0.25, 0.3) is 5.91 Å². The minimum absolute atomic E-state index is 0.122. The molecule has 0 aliphatic carbocycles. The van der Waals surface area contributed by atoms with Gasteiger partial charge in [0.2, 0.25) is 5.91 Å². The first-order valence-electron chi connectivity index (χ1n) is 13.4. The van der Waals surface area contributed by atoms with E-state index in [0.29, 0.717) is 24.5 Å². The Labute approximate surface area is 246 Å². The maximum atomic E-state index is 13.2. The maximum Gasteiger partial charge on any atom is 0.410 e. The molecule has 2 heterocycles. The number of ether oxygens (including phenoxy) is 2. The van der Waals surface area contributed by atoms with E-state index in [4.69, 9.17) is 9.16 Å². The SMILES string of the molecule is COC(=O)[C@H](CO)NC(=O)[C@H](CO[Si](C)(C)C(C)(C)C)NC(=O)c1csc(C2=CCN(C(=O)OC(C)(C)C)CC2)n1. The monoisotopic (exact) mass is 612 g/mol. The average Bonchev–Trinajstić information content (AvgIpc) is 3.38. The van der Waals surface area contributed by atoms with Gasteiger partial charge in [0.15, 0.2) is 14.4 Å². The summed E-state index contributed by atoms with van der Waals surface area (Å²) in [5, 5.41) is 16.7. The Hall–Kier alpha value is -2.81. The van der Waals surface area contributed by atoms with Crippen molar-refractivity contribution in [3.05, 3.63) is 22.2 Å². The molecular formula is C27H44N4O8SSi. The Morgan fingerprint density at radius 1 is 1.12 bits per heavy atom. The number of aliphatic hydroxyl groups is 1. The fraction of sp³-hybridized carbons (Fsp3) is 0.667. The van der Waals surface area contributed by atoms with Crippen LogP contribution in [0.25, 0.3) is 5.57 Å². The van der Waals surface area contributed by atoms with Gasteiger partial charge in [-0.15, -0.1) is 11.3 Å². The molecule has 2 rings (SSSR count). The van der Waals surface area contributed by atoms with E-state index in [1.54, 1.807) is 10.3 Å². The van der Waals surface area contributed by atoms with Crippen molar-refractivity contribution in [1.29, 1.82) is 0 Å². The Morgan fingerprint density at radius 3 is 2.29 bits per heavy atom. The van der Waals surface area contributed by atoms with E-state index < -0.39 is 50.4 Å². The summed E-state index contributed by atoms with van der Waals surface area (Å²) < 4.78 is 16.2. The Kier molecular flexibility index (Phi) is 11.7. The molecule has 2 atom stereocenters. The lowest BCUT2D eigenvalue weighted by atomic mass is 10.1. The lowest BCUT2D eigenvalue weighted by Gasteiger charge is -2.37. The lowest BCUT2D eigenvalue weighted by molar-refractivity contribution is -0.146. The quantitative estimate of drug-likeness (QED) is 0.267. The van der Waals surface area contributed by atoms with Crippen molar-refractivity contribution < 1.29 is 38.2 Å². The molecule has 0 spiro atoms. The van der Waals surface area contributed by atoms with Crippen LogP contribution in [0.2, 0.25) is 18.1 Å². The summed E-state index contributed by atoms with van der Waals surface area (Å²) in [6.45, 7) is 15.7. The summed E-state index contributed by atoms with van der Waals surface area (Å²) in [7, 11) is -1.15. The summed E-state index contributed by atoms with van der Waals surface area (Å²) in [6, 6.07) is -2.44. The van der Waals surface area contributed by atoms with Crippen molar-refractivity contribution in [2.45, 2.75) is 83.8 Å². The Bertz CT molecular complexity index is 1140. The number of hydrogen-bond donors (Lipinski definition) is 3. The van der Waals surface area contributed by atoms with E-state index in [-0.39, 0.29) is 23.4 Å². The van der Waals surface area contributed by atoms with E-state index in [0.717, 1.165) is 12.7 Å². The van der Waals surface area contributed by atoms with Crippen molar-refractivity contribution >= 4 is 49.1 Å². The van der Waals surface area contributed by atoms with Crippen LogP contribution in [-0.4, -0.2) is 98.3 Å². The average molecular weight is 613 g/mol. The summed E-state index contributed by atoms with van der Waals surface area (Å²) in [6.07, 6.45) is 2.06. The number of amides is 3. The van der Waals surface area contributed by atoms with Gasteiger partial charge in [0.1, 0.15) is 22.3 Å². The van der Waals surface area contributed by atoms with Crippen molar-refractivity contribution in [2.75, 3.05) is 33.4 Å². The van der Waals surface area contributed by atoms with Crippen molar-refractivity contribution in [1.82, 2.24) is 20.5 Å². The van der Waals surface area contributed by atoms with Gasteiger partial charge in [0.05, 0.1) is 20.3 Å². The highest BCUT2D eigenvalue weighted by Gasteiger charge is 2.39. The molecule has 0 unspecified atom stereocenters. The molecule has 12 nitrogen and oxygen atoms in total. The largest absolute Gasteiger partial charge is 0.467 e. The number of nitrogens with one attached hydrogen (secondary N) is 2. The van der Waals surface area contributed by atoms with Crippen LogP contribution >= 0.6 is 11.3 Å². The zero-order valence-electron chi connectivity index (χ0n) is 25.5. The Balaban J connectivity index is 2.16. The molecule has 0 bridgehead atoms. The summed E-state index contributed by atoms with van der Waals surface area (Å²) in [4.78, 5) is 56.6. The van der Waals surface area contributed by atoms with Crippen LogP contribution in [0.3, 0.4) is 0 Å². The van der Waals surface area contributed by atoms with E-state index in [1.165, 1.54) is 11.3 Å². The highest BCUT2D eigenvalue weighted by Crippen LogP contribution is 2.36. The van der Waals surface area contributed by atoms with E-state index in [2.05, 4.69) is 41.1 Å². The topological polar surface area (TPSA) is 156 Å². The second-order valence-electron chi connectivity index (χ2n) is 12.3. The number of carbonyl (C=O) groups excluding carboxylic acids is 4. The molecule has 14 heteroatoms. The van der Waals surface area contributed by atoms with Crippen LogP contribution in [0, 0.1) is 0 Å². The number of nitrogens with zero attached hydrogens (tertiary/aromatic N) is 2. The Morgan fingerprint density at radius 2 is 1.78 bits per heavy atom. The van der Waals surface area contributed by atoms with Gasteiger partial charge >= 0.3 is 12.1 Å². The third kappa shape index (κ3) is 9.90. The molecule has 3 N–H and O–H groups in total. The molecule has 0 fully saturated rings. The summed E-state index contributed by atoms with van der Waals surface area (Å²) >= 11 is 1.29. The summed E-state index contributed by atoms with van der Waals surface area (Å²) in [5.41, 5.74) is 0.451. The predicted molar refractivity (Wildman–Crippen MR) is 158 cm³/mol. The zero-order chi connectivity index (χ0) is 31.2. The third-order valence-corrected chi connectivity index (χ3v) is 12.3. The number of methoxy groups -OCH3 is 1. The molecule has 0 saturated heterocycles. The van der Waals surface area contributed by atoms with Crippen LogP contribution in [-0.2, 0) is 23.5 Å². The number of thiazole rings is 1. The van der Waals surface area contributed by atoms with E-state index in [9.17, 15) is 24.3 Å². The molecule has 1 aromatic heterocycles. The first-order chi connectivity index (χ1) is 18.9. The third-order valence-electron chi connectivity index (χ3n) is 6.90. The molecular weight excluding hydrogens is 568 g/mol. The molecule has 3 amide bonds. The fourth-order valence-electron chi connectivity index (χ4n) is 3.40. The van der Waals surface area contributed by atoms with Crippen LogP contribution in [0.4, 0.5) is 4.79 Å². The minimum atomic E-state index is -2.30. The molecule has 1 aliphatic rings. The minimum Gasteiger partial charge on any atom is -0.467 e. The second-order valence-corrected chi connectivity index (χ2v) is 18.0. The van der Waals surface area contributed by atoms with Gasteiger partial charge in [-0.3, -0.25) is 9.59 Å². The van der Waals surface area contributed by atoms with Gasteiger partial charge in [-0.2, -0.15) is 0 Å². The number of rotatable bonds is 10. The van der Waals surface area contributed by atoms with Crippen LogP contribution in [0.15, 0.2) is 11.5 Å². The molecule has 1 aliphatic heterocycles. The number of aromatic nitrogens is 1. The highest BCUT2D eigenvalue weighted by atomic mass is 32.1. The smallest absolute Gasteiger partial charge is 0.410 e. The fourth-order valence-corrected chi connectivity index (χ4v) is 5.29. The second kappa shape index (κ2) is 13.9. The standard InChI is InChI=1S/C27H44N4O8SSi/c1-26(2,3)39-25(36)31-12-10-17(11-13-31)23-30-20(16-40-23)22(34)29-19(15-38-41(8,9)27(4,5)6)21(33)28-18(14-32)24(35)37-7/h10,16,18-19,32H,11-15H2,1-9H3,(H,28,33)(H,29,34)/t18-,19-/m0/s1. The predicted octanol–water partition coefficient (Wildman–Crippen LogP) is 2.94. The van der Waals surface area contributed by atoms with Crippen LogP contribution in [0.1, 0.15) is 63.5 Å². The van der Waals surface area contributed by atoms with Crippen LogP contribution < -0.4 is 10.6 Å². The van der Waals surface area contributed by atoms with Crippen molar-refractivity contribution in [3.63, 3.8) is 0 Å². The van der Waals surface area contributed by atoms with Gasteiger partial charge in [-0.25, -0.2) is 14.6 Å². The zero-order valence-corrected chi connectivity index (χ0v) is 27.3. The maximum absolute atomic E-state index is 13.2. The first kappa shape index (κ1) is 34.4. The van der Waals surface area contributed by atoms with Gasteiger partial charge in [0, 0.05) is 18.5 Å². The molecule has 41 heavy (non-hydrogen) atoms. The number of esters is 1. The van der Waals surface area contributed by atoms with E-state index >= 15 is 0 Å². The molecule has 1 aromatic rings. The normalized spacial score (nSPS) is 15.9. The van der Waals surface area contributed by atoms with Crippen molar-refractivity contribution in [2.24, 2.45) is 0 Å². The molecule has 0 radical (unpaired) electrons. The van der Waals surface area contributed by atoms with Crippen LogP contribution in [0.5, 0.6) is 0 Å². The number of carbonyl (C=O) groups is 4. The number of hydrogen-bond acceptors (Lipinski definition) is 10. The van der Waals surface area contributed by atoms with E-state index in [1.807, 2.05) is 39.9 Å². The summed E-state index contributed by atoms with van der Waals surface area (Å²) in [5.74, 6) is -2.10. The van der Waals surface area contributed by atoms with Gasteiger partial charge in [-0.05, 0) is 50.9 Å². The number of aliphatic hydroxyl groups excluding tert-OH is 1.